The quantitative estimate of drug-likeness (QED) is 0.482. The Morgan fingerprint density at radius 2 is 1.73 bits per heavy atom. The van der Waals surface area contributed by atoms with E-state index >= 15 is 0 Å². The number of rotatable bonds is 8. The van der Waals surface area contributed by atoms with Gasteiger partial charge >= 0.3 is 0 Å². The summed E-state index contributed by atoms with van der Waals surface area (Å²) in [7, 11) is 4.85. The number of hydrogen-bond acceptors (Lipinski definition) is 6. The van der Waals surface area contributed by atoms with E-state index in [0.717, 1.165) is 0 Å². The van der Waals surface area contributed by atoms with Crippen LogP contribution in [-0.2, 0) is 9.59 Å². The predicted molar refractivity (Wildman–Crippen MR) is 67.1 cm³/mol. The van der Waals surface area contributed by atoms with Crippen LogP contribution in [0.5, 0.6) is 0 Å². The summed E-state index contributed by atoms with van der Waals surface area (Å²) in [4.78, 5) is 21.9. The Bertz CT molecular complexity index is 224. The van der Waals surface area contributed by atoms with Crippen molar-refractivity contribution in [2.75, 3.05) is 18.6 Å². The van der Waals surface area contributed by atoms with E-state index in [-0.39, 0.29) is 17.6 Å². The van der Waals surface area contributed by atoms with Gasteiger partial charge in [-0.2, -0.15) is 0 Å². The molecule has 0 spiro atoms. The smallest absolute Gasteiger partial charge is 0.147 e. The molecule has 0 aliphatic carbocycles. The lowest BCUT2D eigenvalue weighted by molar-refractivity contribution is -0.118. The fraction of sp³-hybridized carbons (Fsp3) is 0.778. The summed E-state index contributed by atoms with van der Waals surface area (Å²) >= 11 is 0. The Labute approximate surface area is 98.5 Å². The van der Waals surface area contributed by atoms with E-state index in [4.69, 9.17) is 5.73 Å². The second kappa shape index (κ2) is 8.15. The van der Waals surface area contributed by atoms with Gasteiger partial charge in [0.25, 0.3) is 0 Å². The molecule has 1 unspecified atom stereocenters. The highest BCUT2D eigenvalue weighted by molar-refractivity contribution is 8.76. The Morgan fingerprint density at radius 3 is 2.13 bits per heavy atom. The van der Waals surface area contributed by atoms with Crippen LogP contribution < -0.4 is 11.1 Å². The highest BCUT2D eigenvalue weighted by Gasteiger charge is 2.12. The second-order valence-electron chi connectivity index (χ2n) is 3.24. The number of likely N-dealkylation sites (N-methyl/N-ethyl adjacent to an activating group) is 1. The van der Waals surface area contributed by atoms with Crippen molar-refractivity contribution in [3.63, 3.8) is 0 Å². The molecular formula is C9H18N2O2S2. The molecule has 0 rings (SSSR count). The summed E-state index contributed by atoms with van der Waals surface area (Å²) in [6, 6.07) is -0.510. The van der Waals surface area contributed by atoms with Crippen LogP contribution in [0, 0.1) is 0 Å². The van der Waals surface area contributed by atoms with Gasteiger partial charge in [-0.15, -0.1) is 0 Å². The number of Topliss-reactive ketones (excluding diaryl/α,β-unsaturated/α-hetero) is 2. The highest BCUT2D eigenvalue weighted by Crippen LogP contribution is 2.22. The zero-order chi connectivity index (χ0) is 11.8. The molecule has 0 heterocycles. The van der Waals surface area contributed by atoms with Crippen molar-refractivity contribution in [1.82, 2.24) is 5.32 Å². The van der Waals surface area contributed by atoms with Gasteiger partial charge in [-0.3, -0.25) is 9.59 Å². The molecule has 0 bridgehead atoms. The lowest BCUT2D eigenvalue weighted by atomic mass is 10.2. The Hall–Kier alpha value is -0.0400. The van der Waals surface area contributed by atoms with E-state index in [1.807, 2.05) is 0 Å². The second-order valence-corrected chi connectivity index (χ2v) is 5.79. The first kappa shape index (κ1) is 15.0. The summed E-state index contributed by atoms with van der Waals surface area (Å²) in [5.74, 6) is 1.41. The van der Waals surface area contributed by atoms with Gasteiger partial charge in [-0.25, -0.2) is 0 Å². The van der Waals surface area contributed by atoms with Crippen LogP contribution in [-0.4, -0.2) is 42.2 Å². The van der Waals surface area contributed by atoms with Crippen molar-refractivity contribution in [3.8, 4) is 0 Å². The molecule has 0 fully saturated rings. The molecule has 0 aliphatic rings. The van der Waals surface area contributed by atoms with E-state index in [2.05, 4.69) is 5.32 Å². The minimum atomic E-state index is -0.395. The molecule has 0 aromatic carbocycles. The van der Waals surface area contributed by atoms with Crippen molar-refractivity contribution in [3.05, 3.63) is 0 Å². The minimum Gasteiger partial charge on any atom is -0.321 e. The van der Waals surface area contributed by atoms with E-state index in [9.17, 15) is 9.59 Å². The monoisotopic (exact) mass is 250 g/mol. The average molecular weight is 250 g/mol. The van der Waals surface area contributed by atoms with Gasteiger partial charge < -0.3 is 11.1 Å². The molecule has 2 atom stereocenters. The van der Waals surface area contributed by atoms with Gasteiger partial charge in [0.15, 0.2) is 0 Å². The largest absolute Gasteiger partial charge is 0.321 e. The van der Waals surface area contributed by atoms with Crippen molar-refractivity contribution in [2.45, 2.75) is 25.9 Å². The van der Waals surface area contributed by atoms with Crippen molar-refractivity contribution in [2.24, 2.45) is 5.73 Å². The van der Waals surface area contributed by atoms with Gasteiger partial charge in [0.05, 0.1) is 12.1 Å². The van der Waals surface area contributed by atoms with Crippen molar-refractivity contribution in [1.29, 1.82) is 0 Å². The van der Waals surface area contributed by atoms with Gasteiger partial charge in [0.1, 0.15) is 11.6 Å². The van der Waals surface area contributed by atoms with Gasteiger partial charge in [0.2, 0.25) is 0 Å². The molecule has 0 radical (unpaired) electrons. The molecular weight excluding hydrogens is 232 g/mol. The number of hydrogen-bond donors (Lipinski definition) is 2. The molecule has 0 aromatic heterocycles. The van der Waals surface area contributed by atoms with Crippen molar-refractivity contribution >= 4 is 33.2 Å². The predicted octanol–water partition coefficient (Wildman–Crippen LogP) is 0.461. The van der Waals surface area contributed by atoms with Crippen LogP contribution in [0.25, 0.3) is 0 Å². The molecule has 0 saturated carbocycles. The lowest BCUT2D eigenvalue weighted by Gasteiger charge is -2.12. The van der Waals surface area contributed by atoms with Gasteiger partial charge in [-0.1, -0.05) is 21.6 Å². The Morgan fingerprint density at radius 1 is 1.20 bits per heavy atom. The average Bonchev–Trinajstić information content (AvgIpc) is 2.16. The minimum absolute atomic E-state index is 0.000153. The highest BCUT2D eigenvalue weighted by atomic mass is 33.1. The van der Waals surface area contributed by atoms with Crippen LogP contribution in [0.4, 0.5) is 0 Å². The van der Waals surface area contributed by atoms with E-state index < -0.39 is 6.04 Å². The maximum absolute atomic E-state index is 11.0. The zero-order valence-electron chi connectivity index (χ0n) is 9.28. The number of nitrogens with two attached hydrogens (primary N) is 1. The van der Waals surface area contributed by atoms with Crippen LogP contribution in [0.15, 0.2) is 0 Å². The molecule has 0 aliphatic heterocycles. The maximum Gasteiger partial charge on any atom is 0.147 e. The third-order valence-corrected chi connectivity index (χ3v) is 4.37. The third kappa shape index (κ3) is 6.94. The van der Waals surface area contributed by atoms with Gasteiger partial charge in [0, 0.05) is 11.5 Å². The van der Waals surface area contributed by atoms with Crippen LogP contribution in [0.1, 0.15) is 13.8 Å². The summed E-state index contributed by atoms with van der Waals surface area (Å²) < 4.78 is 0. The normalized spacial score (nSPS) is 14.7. The fourth-order valence-electron chi connectivity index (χ4n) is 0.759. The summed E-state index contributed by atoms with van der Waals surface area (Å²) in [5, 5.41) is 2.93. The Kier molecular flexibility index (Phi) is 8.13. The summed E-state index contributed by atoms with van der Waals surface area (Å²) in [6.07, 6.45) is 0. The molecule has 4 nitrogen and oxygen atoms in total. The Balaban J connectivity index is 3.61. The van der Waals surface area contributed by atoms with E-state index in [1.165, 1.54) is 17.7 Å². The molecule has 0 saturated heterocycles. The summed E-state index contributed by atoms with van der Waals surface area (Å²) in [5.41, 5.74) is 5.56. The lowest BCUT2D eigenvalue weighted by Crippen LogP contribution is -2.34. The number of nitrogens with one attached hydrogen (secondary N) is 1. The first-order chi connectivity index (χ1) is 6.99. The van der Waals surface area contributed by atoms with Crippen LogP contribution in [0.2, 0.25) is 0 Å². The molecule has 3 N–H and O–H groups in total. The third-order valence-electron chi connectivity index (χ3n) is 1.93. The number of carbonyl (C=O) groups is 2. The molecule has 6 heteroatoms. The first-order valence-corrected chi connectivity index (χ1v) is 7.16. The van der Waals surface area contributed by atoms with E-state index in [0.29, 0.717) is 11.5 Å². The summed E-state index contributed by atoms with van der Waals surface area (Å²) in [6.45, 7) is 3.05. The topological polar surface area (TPSA) is 72.2 Å². The molecule has 88 valence electrons. The molecule has 0 amide bonds. The number of ketones is 2. The van der Waals surface area contributed by atoms with Gasteiger partial charge in [-0.05, 0) is 20.9 Å². The van der Waals surface area contributed by atoms with E-state index in [1.54, 1.807) is 24.8 Å². The molecule has 0 aromatic rings. The van der Waals surface area contributed by atoms with Crippen LogP contribution >= 0.6 is 21.6 Å². The fourth-order valence-corrected chi connectivity index (χ4v) is 3.30. The standard InChI is InChI=1S/C9H18N2O2S2/c1-6(12)8(10)4-14-15-5-9(11-3)7(2)13/h8-9,11H,4-5,10H2,1-3H3/t8-,9?/m0/s1. The SMILES string of the molecule is CNC(CSSC[C@H](N)C(C)=O)C(C)=O. The zero-order valence-corrected chi connectivity index (χ0v) is 10.9. The van der Waals surface area contributed by atoms with Crippen molar-refractivity contribution < 1.29 is 9.59 Å². The first-order valence-electron chi connectivity index (χ1n) is 4.67. The maximum atomic E-state index is 11.0. The number of carbonyl (C=O) groups excluding carboxylic acids is 2. The van der Waals surface area contributed by atoms with Crippen LogP contribution in [0.3, 0.4) is 0 Å². The molecule has 15 heavy (non-hydrogen) atoms.